The predicted octanol–water partition coefficient (Wildman–Crippen LogP) is 4.18. The number of aliphatic hydroxyl groups excluding tert-OH is 1. The molecule has 6 heteroatoms. The van der Waals surface area contributed by atoms with Gasteiger partial charge in [-0.25, -0.2) is 4.31 Å². The van der Waals surface area contributed by atoms with Gasteiger partial charge in [-0.05, 0) is 93.3 Å². The number of aryl methyl sites for hydroxylation is 1. The van der Waals surface area contributed by atoms with E-state index in [4.69, 9.17) is 5.11 Å². The minimum atomic E-state index is -0.776. The number of aliphatic hydroxyl groups is 1. The van der Waals surface area contributed by atoms with Crippen molar-refractivity contribution in [1.82, 2.24) is 9.62 Å². The van der Waals surface area contributed by atoms with Crippen LogP contribution in [-0.2, 0) is 24.1 Å². The highest BCUT2D eigenvalue weighted by atomic mass is 32.2. The third-order valence-electron chi connectivity index (χ3n) is 6.03. The smallest absolute Gasteiger partial charge is 0.303 e. The maximum Gasteiger partial charge on any atom is 0.303 e. The molecule has 0 fully saturated rings. The molecular formula is C26H36N2O3S. The lowest BCUT2D eigenvalue weighted by atomic mass is 9.88. The van der Waals surface area contributed by atoms with Gasteiger partial charge in [-0.2, -0.15) is 0 Å². The van der Waals surface area contributed by atoms with Gasteiger partial charge in [0.15, 0.2) is 0 Å². The van der Waals surface area contributed by atoms with Gasteiger partial charge >= 0.3 is 5.97 Å². The molecule has 0 saturated carbocycles. The first-order valence-corrected chi connectivity index (χ1v) is 12.2. The summed E-state index contributed by atoms with van der Waals surface area (Å²) in [5.41, 5.74) is 3.98. The Morgan fingerprint density at radius 1 is 1.16 bits per heavy atom. The fourth-order valence-electron chi connectivity index (χ4n) is 4.53. The van der Waals surface area contributed by atoms with Crippen LogP contribution in [0.15, 0.2) is 53.4 Å². The number of benzene rings is 2. The van der Waals surface area contributed by atoms with Crippen molar-refractivity contribution in [3.63, 3.8) is 0 Å². The fraction of sp³-hybridized carbons (Fsp3) is 0.500. The molecule has 2 aromatic carbocycles. The van der Waals surface area contributed by atoms with Crippen LogP contribution < -0.4 is 5.32 Å². The number of carboxylic acid groups (broad SMARTS) is 1. The van der Waals surface area contributed by atoms with Crippen LogP contribution in [0.25, 0.3) is 0 Å². The number of nitrogens with one attached hydrogen (secondary N) is 1. The number of carbonyl (C=O) groups is 1. The number of carboxylic acids is 1. The summed E-state index contributed by atoms with van der Waals surface area (Å²) in [7, 11) is 1.98. The van der Waals surface area contributed by atoms with E-state index in [1.54, 1.807) is 11.9 Å². The predicted molar refractivity (Wildman–Crippen MR) is 131 cm³/mol. The summed E-state index contributed by atoms with van der Waals surface area (Å²) in [6.45, 7) is 5.58. The molecule has 1 atom stereocenters. The number of fused-ring (bicyclic) bond motifs is 1. The molecule has 174 valence electrons. The van der Waals surface area contributed by atoms with E-state index in [1.165, 1.54) is 11.1 Å². The van der Waals surface area contributed by atoms with Gasteiger partial charge < -0.3 is 15.5 Å². The Labute approximate surface area is 196 Å². The number of hydrogen-bond acceptors (Lipinski definition) is 5. The molecule has 0 aromatic heterocycles. The van der Waals surface area contributed by atoms with E-state index in [2.05, 4.69) is 43.4 Å². The molecule has 1 aliphatic rings. The van der Waals surface area contributed by atoms with E-state index >= 15 is 0 Å². The molecule has 5 nitrogen and oxygen atoms in total. The molecule has 0 heterocycles. The third kappa shape index (κ3) is 7.93. The maximum atomic E-state index is 10.7. The standard InChI is InChI=1S/C26H36N2O3S/c1-26(2,16-20-14-21-6-4-5-7-22(21)15-20)27-17-23(29)18-28(3)32-24-11-8-19(9-12-24)10-13-25(30)31/h4-9,11-12,20,23,27,29H,10,13-18H2,1-3H3,(H,30,31)/t23-/m1/s1. The number of likely N-dealkylation sites (N-methyl/N-ethyl adjacent to an activating group) is 1. The molecule has 0 aliphatic heterocycles. The van der Waals surface area contributed by atoms with Crippen molar-refractivity contribution in [2.45, 2.75) is 62.5 Å². The second-order valence-corrected chi connectivity index (χ2v) is 10.9. The molecule has 0 bridgehead atoms. The second kappa shape index (κ2) is 11.3. The topological polar surface area (TPSA) is 72.8 Å². The number of β-amino-alcohol motifs (C(OH)–C–C–N with tert-alkyl or cyclic N) is 1. The Balaban J connectivity index is 1.38. The summed E-state index contributed by atoms with van der Waals surface area (Å²) in [6.07, 6.45) is 3.63. The van der Waals surface area contributed by atoms with Gasteiger partial charge in [-0.15, -0.1) is 0 Å². The summed E-state index contributed by atoms with van der Waals surface area (Å²) in [5.74, 6) is -0.119. The lowest BCUT2D eigenvalue weighted by molar-refractivity contribution is -0.136. The molecule has 0 unspecified atom stereocenters. The van der Waals surface area contributed by atoms with Crippen molar-refractivity contribution < 1.29 is 15.0 Å². The summed E-state index contributed by atoms with van der Waals surface area (Å²) < 4.78 is 2.04. The Bertz CT molecular complexity index is 860. The average Bonchev–Trinajstić information content (AvgIpc) is 3.13. The highest BCUT2D eigenvalue weighted by Crippen LogP contribution is 2.32. The molecule has 0 radical (unpaired) electrons. The van der Waals surface area contributed by atoms with Gasteiger partial charge in [0.05, 0.1) is 6.10 Å². The molecule has 1 aliphatic carbocycles. The Kier molecular flexibility index (Phi) is 8.77. The van der Waals surface area contributed by atoms with E-state index in [0.29, 0.717) is 25.4 Å². The van der Waals surface area contributed by atoms with Crippen LogP contribution in [0, 0.1) is 5.92 Å². The first-order chi connectivity index (χ1) is 15.2. The van der Waals surface area contributed by atoms with Crippen LogP contribution in [0.3, 0.4) is 0 Å². The van der Waals surface area contributed by atoms with Gasteiger partial charge in [-0.1, -0.05) is 36.4 Å². The molecular weight excluding hydrogens is 420 g/mol. The minimum Gasteiger partial charge on any atom is -0.481 e. The van der Waals surface area contributed by atoms with Crippen LogP contribution in [0.4, 0.5) is 0 Å². The first-order valence-electron chi connectivity index (χ1n) is 11.4. The number of nitrogens with zero attached hydrogens (tertiary/aromatic N) is 1. The Morgan fingerprint density at radius 2 is 1.78 bits per heavy atom. The number of hydrogen-bond donors (Lipinski definition) is 3. The normalized spacial score (nSPS) is 15.2. The van der Waals surface area contributed by atoms with Crippen LogP contribution in [-0.4, -0.2) is 52.3 Å². The zero-order valence-electron chi connectivity index (χ0n) is 19.4. The van der Waals surface area contributed by atoms with Gasteiger partial charge in [0, 0.05) is 29.9 Å². The molecule has 32 heavy (non-hydrogen) atoms. The quantitative estimate of drug-likeness (QED) is 0.416. The summed E-state index contributed by atoms with van der Waals surface area (Å²) >= 11 is 1.59. The zero-order valence-corrected chi connectivity index (χ0v) is 20.2. The van der Waals surface area contributed by atoms with Crippen molar-refractivity contribution >= 4 is 17.9 Å². The number of aliphatic carboxylic acids is 1. The first kappa shape index (κ1) is 24.8. The highest BCUT2D eigenvalue weighted by molar-refractivity contribution is 7.97. The van der Waals surface area contributed by atoms with Crippen molar-refractivity contribution in [3.05, 3.63) is 65.2 Å². The monoisotopic (exact) mass is 456 g/mol. The van der Waals surface area contributed by atoms with Crippen LogP contribution in [0.5, 0.6) is 0 Å². The summed E-state index contributed by atoms with van der Waals surface area (Å²) in [6, 6.07) is 16.7. The second-order valence-electron chi connectivity index (χ2n) is 9.61. The van der Waals surface area contributed by atoms with Gasteiger partial charge in [0.25, 0.3) is 0 Å². The molecule has 3 rings (SSSR count). The van der Waals surface area contributed by atoms with Crippen LogP contribution in [0.1, 0.15) is 43.4 Å². The summed E-state index contributed by atoms with van der Waals surface area (Å²) in [4.78, 5) is 11.8. The van der Waals surface area contributed by atoms with Gasteiger partial charge in [0.2, 0.25) is 0 Å². The molecule has 0 amide bonds. The summed E-state index contributed by atoms with van der Waals surface area (Å²) in [5, 5.41) is 22.9. The maximum absolute atomic E-state index is 10.7. The fourth-order valence-corrected chi connectivity index (χ4v) is 5.39. The molecule has 0 spiro atoms. The lowest BCUT2D eigenvalue weighted by Gasteiger charge is -2.31. The van der Waals surface area contributed by atoms with E-state index in [9.17, 15) is 9.90 Å². The molecule has 0 saturated heterocycles. The van der Waals surface area contributed by atoms with Gasteiger partial charge in [0.1, 0.15) is 0 Å². The minimum absolute atomic E-state index is 0.0226. The van der Waals surface area contributed by atoms with Crippen molar-refractivity contribution in [3.8, 4) is 0 Å². The third-order valence-corrected chi connectivity index (χ3v) is 6.97. The van der Waals surface area contributed by atoms with Gasteiger partial charge in [-0.3, -0.25) is 4.79 Å². The van der Waals surface area contributed by atoms with E-state index in [0.717, 1.165) is 29.7 Å². The zero-order chi connectivity index (χ0) is 23.1. The Morgan fingerprint density at radius 3 is 2.38 bits per heavy atom. The van der Waals surface area contributed by atoms with Crippen molar-refractivity contribution in [2.75, 3.05) is 20.1 Å². The molecule has 2 aromatic rings. The molecule has 3 N–H and O–H groups in total. The lowest BCUT2D eigenvalue weighted by Crippen LogP contribution is -2.46. The van der Waals surface area contributed by atoms with E-state index in [1.807, 2.05) is 35.6 Å². The van der Waals surface area contributed by atoms with Crippen molar-refractivity contribution in [2.24, 2.45) is 5.92 Å². The van der Waals surface area contributed by atoms with Crippen LogP contribution >= 0.6 is 11.9 Å². The van der Waals surface area contributed by atoms with Crippen molar-refractivity contribution in [1.29, 1.82) is 0 Å². The number of rotatable bonds is 12. The Hall–Kier alpha value is -1.86. The van der Waals surface area contributed by atoms with E-state index in [-0.39, 0.29) is 12.0 Å². The van der Waals surface area contributed by atoms with E-state index < -0.39 is 12.1 Å². The van der Waals surface area contributed by atoms with Crippen LogP contribution in [0.2, 0.25) is 0 Å². The average molecular weight is 457 g/mol. The SMILES string of the molecule is CN(C[C@H](O)CNC(C)(C)CC1Cc2ccccc2C1)Sc1ccc(CCC(=O)O)cc1. The highest BCUT2D eigenvalue weighted by Gasteiger charge is 2.28. The largest absolute Gasteiger partial charge is 0.481 e.